The van der Waals surface area contributed by atoms with E-state index in [-0.39, 0.29) is 4.90 Å². The van der Waals surface area contributed by atoms with Crippen LogP contribution in [0.2, 0.25) is 0 Å². The third kappa shape index (κ3) is 3.00. The fourth-order valence-corrected chi connectivity index (χ4v) is 3.61. The van der Waals surface area contributed by atoms with Crippen LogP contribution in [-0.4, -0.2) is 35.5 Å². The number of anilines is 2. The van der Waals surface area contributed by atoms with Crippen molar-refractivity contribution in [1.82, 2.24) is 5.43 Å². The SMILES string of the molecule is CN(C)c1cccc(S(=O)(=O)c2ccc(N3C=NNC3)cc2)c1. The molecule has 0 saturated heterocycles. The van der Waals surface area contributed by atoms with Crippen molar-refractivity contribution < 1.29 is 8.42 Å². The van der Waals surface area contributed by atoms with Crippen LogP contribution in [0.3, 0.4) is 0 Å². The number of sulfone groups is 1. The fraction of sp³-hybridized carbons (Fsp3) is 0.188. The van der Waals surface area contributed by atoms with Crippen molar-refractivity contribution in [2.45, 2.75) is 9.79 Å². The second-order valence-electron chi connectivity index (χ2n) is 5.42. The van der Waals surface area contributed by atoms with E-state index in [0.717, 1.165) is 11.4 Å². The summed E-state index contributed by atoms with van der Waals surface area (Å²) in [4.78, 5) is 4.34. The molecule has 0 unspecified atom stereocenters. The lowest BCUT2D eigenvalue weighted by Gasteiger charge is -2.15. The summed E-state index contributed by atoms with van der Waals surface area (Å²) in [7, 11) is 0.232. The minimum absolute atomic E-state index is 0.279. The molecule has 2 aromatic rings. The summed E-state index contributed by atoms with van der Waals surface area (Å²) in [5.74, 6) is 0. The molecule has 0 atom stereocenters. The van der Waals surface area contributed by atoms with Gasteiger partial charge in [-0.3, -0.25) is 5.43 Å². The van der Waals surface area contributed by atoms with E-state index in [4.69, 9.17) is 0 Å². The highest BCUT2D eigenvalue weighted by Crippen LogP contribution is 2.26. The Labute approximate surface area is 136 Å². The van der Waals surface area contributed by atoms with Crippen LogP contribution in [0.25, 0.3) is 0 Å². The Bertz CT molecular complexity index is 829. The molecule has 0 aliphatic carbocycles. The Balaban J connectivity index is 1.93. The molecule has 23 heavy (non-hydrogen) atoms. The Morgan fingerprint density at radius 3 is 2.43 bits per heavy atom. The average molecular weight is 330 g/mol. The van der Waals surface area contributed by atoms with Crippen LogP contribution in [-0.2, 0) is 9.84 Å². The van der Waals surface area contributed by atoms with Gasteiger partial charge in [0, 0.05) is 25.5 Å². The maximum absolute atomic E-state index is 12.8. The lowest BCUT2D eigenvalue weighted by atomic mass is 10.3. The van der Waals surface area contributed by atoms with E-state index in [1.807, 2.05) is 30.0 Å². The predicted molar refractivity (Wildman–Crippen MR) is 91.6 cm³/mol. The summed E-state index contributed by atoms with van der Waals surface area (Å²) in [6.45, 7) is 0.580. The zero-order valence-corrected chi connectivity index (χ0v) is 13.8. The summed E-state index contributed by atoms with van der Waals surface area (Å²) >= 11 is 0. The van der Waals surface area contributed by atoms with E-state index < -0.39 is 9.84 Å². The number of nitrogens with zero attached hydrogens (tertiary/aromatic N) is 3. The van der Waals surface area contributed by atoms with Gasteiger partial charge < -0.3 is 9.80 Å². The molecule has 0 fully saturated rings. The minimum atomic E-state index is -3.53. The van der Waals surface area contributed by atoms with Gasteiger partial charge in [0.1, 0.15) is 13.0 Å². The quantitative estimate of drug-likeness (QED) is 0.927. The molecule has 1 N–H and O–H groups in total. The molecule has 6 nitrogen and oxygen atoms in total. The maximum Gasteiger partial charge on any atom is 0.206 e. The Morgan fingerprint density at radius 1 is 1.09 bits per heavy atom. The third-order valence-electron chi connectivity index (χ3n) is 3.65. The smallest absolute Gasteiger partial charge is 0.206 e. The molecular weight excluding hydrogens is 312 g/mol. The second-order valence-corrected chi connectivity index (χ2v) is 7.37. The molecule has 0 bridgehead atoms. The molecule has 3 rings (SSSR count). The summed E-state index contributed by atoms with van der Waals surface area (Å²) in [6.07, 6.45) is 1.67. The zero-order chi connectivity index (χ0) is 16.4. The highest BCUT2D eigenvalue weighted by Gasteiger charge is 2.19. The van der Waals surface area contributed by atoms with Gasteiger partial charge in [-0.1, -0.05) is 6.07 Å². The number of hydrazone groups is 1. The largest absolute Gasteiger partial charge is 0.378 e. The third-order valence-corrected chi connectivity index (χ3v) is 5.42. The first kappa shape index (κ1) is 15.4. The molecule has 2 aromatic carbocycles. The molecule has 1 aliphatic heterocycles. The lowest BCUT2D eigenvalue weighted by Crippen LogP contribution is -2.22. The normalized spacial score (nSPS) is 13.9. The van der Waals surface area contributed by atoms with Crippen molar-refractivity contribution in [3.05, 3.63) is 48.5 Å². The monoisotopic (exact) mass is 330 g/mol. The number of benzene rings is 2. The van der Waals surface area contributed by atoms with Crippen LogP contribution in [0.5, 0.6) is 0 Å². The van der Waals surface area contributed by atoms with E-state index in [1.54, 1.807) is 48.8 Å². The Hall–Kier alpha value is -2.54. The second kappa shape index (κ2) is 5.92. The van der Waals surface area contributed by atoms with Crippen molar-refractivity contribution in [2.24, 2.45) is 5.10 Å². The van der Waals surface area contributed by atoms with Gasteiger partial charge in [-0.05, 0) is 42.5 Å². The van der Waals surface area contributed by atoms with Crippen LogP contribution in [0.4, 0.5) is 11.4 Å². The maximum atomic E-state index is 12.8. The number of hydrogen-bond donors (Lipinski definition) is 1. The highest BCUT2D eigenvalue weighted by molar-refractivity contribution is 7.91. The van der Waals surface area contributed by atoms with E-state index in [0.29, 0.717) is 11.6 Å². The number of hydrogen-bond acceptors (Lipinski definition) is 6. The van der Waals surface area contributed by atoms with Crippen LogP contribution in [0.1, 0.15) is 0 Å². The van der Waals surface area contributed by atoms with Gasteiger partial charge in [-0.15, -0.1) is 0 Å². The summed E-state index contributed by atoms with van der Waals surface area (Å²) in [5.41, 5.74) is 4.57. The molecular formula is C16H18N4O2S. The van der Waals surface area contributed by atoms with E-state index >= 15 is 0 Å². The summed E-state index contributed by atoms with van der Waals surface area (Å²) < 4.78 is 25.5. The number of rotatable bonds is 4. The van der Waals surface area contributed by atoms with Crippen LogP contribution >= 0.6 is 0 Å². The molecule has 0 spiro atoms. The van der Waals surface area contributed by atoms with Crippen molar-refractivity contribution in [1.29, 1.82) is 0 Å². The zero-order valence-electron chi connectivity index (χ0n) is 13.0. The van der Waals surface area contributed by atoms with Crippen molar-refractivity contribution >= 4 is 27.6 Å². The Kier molecular flexibility index (Phi) is 3.96. The topological polar surface area (TPSA) is 65.0 Å². The van der Waals surface area contributed by atoms with Gasteiger partial charge in [0.25, 0.3) is 0 Å². The van der Waals surface area contributed by atoms with E-state index in [2.05, 4.69) is 10.5 Å². The van der Waals surface area contributed by atoms with Gasteiger partial charge in [0.15, 0.2) is 0 Å². The predicted octanol–water partition coefficient (Wildman–Crippen LogP) is 1.90. The Morgan fingerprint density at radius 2 is 1.83 bits per heavy atom. The first-order chi connectivity index (χ1) is 11.0. The average Bonchev–Trinajstić information content (AvgIpc) is 3.09. The van der Waals surface area contributed by atoms with E-state index in [1.165, 1.54) is 0 Å². The molecule has 7 heteroatoms. The molecule has 0 amide bonds. The van der Waals surface area contributed by atoms with Crippen LogP contribution in [0.15, 0.2) is 63.4 Å². The van der Waals surface area contributed by atoms with Gasteiger partial charge in [0.2, 0.25) is 9.84 Å². The molecule has 120 valence electrons. The van der Waals surface area contributed by atoms with Crippen molar-refractivity contribution in [3.63, 3.8) is 0 Å². The van der Waals surface area contributed by atoms with Crippen LogP contribution in [0, 0.1) is 0 Å². The molecule has 1 aliphatic rings. The standard InChI is InChI=1S/C16H18N4O2S/c1-19(2)14-4-3-5-16(10-14)23(21,22)15-8-6-13(7-9-15)20-11-17-18-12-20/h3-11,18H,12H2,1-2H3. The van der Waals surface area contributed by atoms with Gasteiger partial charge >= 0.3 is 0 Å². The highest BCUT2D eigenvalue weighted by atomic mass is 32.2. The fourth-order valence-electron chi connectivity index (χ4n) is 2.31. The summed E-state index contributed by atoms with van der Waals surface area (Å²) in [5, 5.41) is 3.91. The van der Waals surface area contributed by atoms with Crippen LogP contribution < -0.4 is 15.2 Å². The first-order valence-electron chi connectivity index (χ1n) is 7.14. The van der Waals surface area contributed by atoms with E-state index in [9.17, 15) is 8.42 Å². The van der Waals surface area contributed by atoms with Gasteiger partial charge in [-0.25, -0.2) is 8.42 Å². The first-order valence-corrected chi connectivity index (χ1v) is 8.62. The summed E-state index contributed by atoms with van der Waals surface area (Å²) in [6, 6.07) is 13.7. The minimum Gasteiger partial charge on any atom is -0.378 e. The molecule has 0 aromatic heterocycles. The molecule has 0 saturated carbocycles. The van der Waals surface area contributed by atoms with Gasteiger partial charge in [0.05, 0.1) is 9.79 Å². The van der Waals surface area contributed by atoms with Gasteiger partial charge in [-0.2, -0.15) is 5.10 Å². The van der Waals surface area contributed by atoms with Crippen molar-refractivity contribution in [2.75, 3.05) is 30.6 Å². The molecule has 1 heterocycles. The molecule has 0 radical (unpaired) electrons. The van der Waals surface area contributed by atoms with Crippen molar-refractivity contribution in [3.8, 4) is 0 Å². The number of nitrogens with one attached hydrogen (secondary N) is 1. The lowest BCUT2D eigenvalue weighted by molar-refractivity contribution is 0.596.